The molecule has 2 aliphatic rings. The van der Waals surface area contributed by atoms with Gasteiger partial charge < -0.3 is 14.5 Å². The fraction of sp³-hybridized carbons (Fsp3) is 0.900. The number of rotatable bonds is 4. The average molecular weight is 368 g/mol. The smallest absolute Gasteiger partial charge is 0.410 e. The molecule has 2 fully saturated rings. The van der Waals surface area contributed by atoms with E-state index in [9.17, 15) is 9.59 Å². The molecule has 6 heteroatoms. The van der Waals surface area contributed by atoms with Crippen molar-refractivity contribution in [3.05, 3.63) is 0 Å². The maximum atomic E-state index is 12.7. The molecule has 0 radical (unpaired) electrons. The number of hydrogen-bond donors (Lipinski definition) is 0. The molecule has 0 spiro atoms. The fourth-order valence-electron chi connectivity index (χ4n) is 4.07. The first-order chi connectivity index (χ1) is 12.2. The standard InChI is InChI=1S/C20H37N3O3/c1-6-21(7-2)18(24)16-9-8-12-23(15-16)17-10-13-22(14-11-17)19(25)26-20(3,4)5/h16-17H,6-15H2,1-5H3. The third-order valence-electron chi connectivity index (χ3n) is 5.51. The van der Waals surface area contributed by atoms with Crippen molar-refractivity contribution >= 4 is 12.0 Å². The van der Waals surface area contributed by atoms with Gasteiger partial charge in [0.05, 0.1) is 5.92 Å². The Morgan fingerprint density at radius 1 is 1.04 bits per heavy atom. The predicted octanol–water partition coefficient (Wildman–Crippen LogP) is 2.97. The Morgan fingerprint density at radius 3 is 2.19 bits per heavy atom. The summed E-state index contributed by atoms with van der Waals surface area (Å²) < 4.78 is 5.48. The first kappa shape index (κ1) is 21.0. The molecule has 2 aliphatic heterocycles. The number of hydrogen-bond acceptors (Lipinski definition) is 4. The summed E-state index contributed by atoms with van der Waals surface area (Å²) in [4.78, 5) is 31.2. The van der Waals surface area contributed by atoms with E-state index in [1.807, 2.05) is 44.4 Å². The molecule has 2 saturated heterocycles. The Balaban J connectivity index is 1.85. The van der Waals surface area contributed by atoms with Crippen LogP contribution in [0.4, 0.5) is 4.79 Å². The Kier molecular flexibility index (Phi) is 7.33. The first-order valence-corrected chi connectivity index (χ1v) is 10.3. The Labute approximate surface area is 158 Å². The van der Waals surface area contributed by atoms with E-state index in [1.165, 1.54) is 0 Å². The van der Waals surface area contributed by atoms with Crippen LogP contribution in [-0.4, -0.2) is 77.6 Å². The predicted molar refractivity (Wildman–Crippen MR) is 103 cm³/mol. The van der Waals surface area contributed by atoms with E-state index in [2.05, 4.69) is 4.90 Å². The molecule has 1 unspecified atom stereocenters. The second-order valence-corrected chi connectivity index (χ2v) is 8.54. The third-order valence-corrected chi connectivity index (χ3v) is 5.51. The summed E-state index contributed by atoms with van der Waals surface area (Å²) >= 11 is 0. The van der Waals surface area contributed by atoms with Crippen molar-refractivity contribution in [1.82, 2.24) is 14.7 Å². The lowest BCUT2D eigenvalue weighted by atomic mass is 9.93. The minimum Gasteiger partial charge on any atom is -0.444 e. The van der Waals surface area contributed by atoms with Crippen LogP contribution in [-0.2, 0) is 9.53 Å². The number of amides is 2. The monoisotopic (exact) mass is 367 g/mol. The number of ether oxygens (including phenoxy) is 1. The molecule has 2 rings (SSSR count). The molecule has 0 N–H and O–H groups in total. The maximum Gasteiger partial charge on any atom is 0.410 e. The van der Waals surface area contributed by atoms with Gasteiger partial charge in [-0.1, -0.05) is 0 Å². The molecule has 0 aromatic carbocycles. The number of nitrogens with zero attached hydrogens (tertiary/aromatic N) is 3. The molecule has 0 aromatic heterocycles. The summed E-state index contributed by atoms with van der Waals surface area (Å²) in [5, 5.41) is 0. The third kappa shape index (κ3) is 5.60. The Morgan fingerprint density at radius 2 is 1.65 bits per heavy atom. The highest BCUT2D eigenvalue weighted by Gasteiger charge is 2.34. The highest BCUT2D eigenvalue weighted by molar-refractivity contribution is 5.79. The molecule has 6 nitrogen and oxygen atoms in total. The lowest BCUT2D eigenvalue weighted by Crippen LogP contribution is -2.52. The summed E-state index contributed by atoms with van der Waals surface area (Å²) in [6, 6.07) is 0.473. The van der Waals surface area contributed by atoms with Crippen molar-refractivity contribution in [2.75, 3.05) is 39.3 Å². The lowest BCUT2D eigenvalue weighted by molar-refractivity contribution is -0.137. The van der Waals surface area contributed by atoms with Crippen molar-refractivity contribution in [3.63, 3.8) is 0 Å². The van der Waals surface area contributed by atoms with E-state index >= 15 is 0 Å². The van der Waals surface area contributed by atoms with Gasteiger partial charge in [-0.25, -0.2) is 4.79 Å². The summed E-state index contributed by atoms with van der Waals surface area (Å²) in [6.45, 7) is 14.8. The molecule has 26 heavy (non-hydrogen) atoms. The minimum absolute atomic E-state index is 0.132. The zero-order valence-electron chi connectivity index (χ0n) is 17.3. The van der Waals surface area contributed by atoms with E-state index in [4.69, 9.17) is 4.74 Å². The van der Waals surface area contributed by atoms with Gasteiger partial charge in [0.2, 0.25) is 5.91 Å². The highest BCUT2D eigenvalue weighted by atomic mass is 16.6. The SMILES string of the molecule is CCN(CC)C(=O)C1CCCN(C2CCN(C(=O)OC(C)(C)C)CC2)C1. The molecular weight excluding hydrogens is 330 g/mol. The second kappa shape index (κ2) is 9.07. The van der Waals surface area contributed by atoms with Gasteiger partial charge in [-0.3, -0.25) is 9.69 Å². The largest absolute Gasteiger partial charge is 0.444 e. The van der Waals surface area contributed by atoms with Crippen LogP contribution in [0.15, 0.2) is 0 Å². The number of likely N-dealkylation sites (tertiary alicyclic amines) is 2. The molecular formula is C20H37N3O3. The summed E-state index contributed by atoms with van der Waals surface area (Å²) in [5.74, 6) is 0.443. The molecule has 0 bridgehead atoms. The van der Waals surface area contributed by atoms with Crippen molar-refractivity contribution in [2.24, 2.45) is 5.92 Å². The van der Waals surface area contributed by atoms with Crippen LogP contribution in [0.3, 0.4) is 0 Å². The van der Waals surface area contributed by atoms with Crippen LogP contribution in [0.25, 0.3) is 0 Å². The number of carbonyl (C=O) groups is 2. The molecule has 2 amide bonds. The first-order valence-electron chi connectivity index (χ1n) is 10.3. The fourth-order valence-corrected chi connectivity index (χ4v) is 4.07. The van der Waals surface area contributed by atoms with Crippen molar-refractivity contribution in [3.8, 4) is 0 Å². The van der Waals surface area contributed by atoms with E-state index in [0.717, 1.165) is 65.0 Å². The molecule has 0 saturated carbocycles. The van der Waals surface area contributed by atoms with Crippen LogP contribution >= 0.6 is 0 Å². The van der Waals surface area contributed by atoms with E-state index in [1.54, 1.807) is 0 Å². The quantitative estimate of drug-likeness (QED) is 0.767. The minimum atomic E-state index is -0.446. The molecule has 150 valence electrons. The number of piperidine rings is 2. The van der Waals surface area contributed by atoms with E-state index < -0.39 is 5.60 Å². The van der Waals surface area contributed by atoms with Crippen LogP contribution < -0.4 is 0 Å². The van der Waals surface area contributed by atoms with Crippen molar-refractivity contribution in [1.29, 1.82) is 0 Å². The van der Waals surface area contributed by atoms with Gasteiger partial charge in [-0.2, -0.15) is 0 Å². The normalized spacial score (nSPS) is 23.0. The Bertz CT molecular complexity index is 477. The van der Waals surface area contributed by atoms with E-state index in [-0.39, 0.29) is 12.0 Å². The number of carbonyl (C=O) groups excluding carboxylic acids is 2. The van der Waals surface area contributed by atoms with Crippen LogP contribution in [0.1, 0.15) is 60.3 Å². The van der Waals surface area contributed by atoms with Crippen LogP contribution in [0.5, 0.6) is 0 Å². The zero-order valence-corrected chi connectivity index (χ0v) is 17.3. The topological polar surface area (TPSA) is 53.1 Å². The van der Waals surface area contributed by atoms with Crippen LogP contribution in [0.2, 0.25) is 0 Å². The summed E-state index contributed by atoms with van der Waals surface area (Å²) in [5.41, 5.74) is -0.446. The van der Waals surface area contributed by atoms with Gasteiger partial charge in [0.1, 0.15) is 5.60 Å². The van der Waals surface area contributed by atoms with Gasteiger partial charge in [-0.15, -0.1) is 0 Å². The summed E-state index contributed by atoms with van der Waals surface area (Å²) in [7, 11) is 0. The zero-order chi connectivity index (χ0) is 19.3. The Hall–Kier alpha value is -1.30. The maximum absolute atomic E-state index is 12.7. The average Bonchev–Trinajstić information content (AvgIpc) is 2.61. The van der Waals surface area contributed by atoms with Gasteiger partial charge in [0.15, 0.2) is 0 Å². The van der Waals surface area contributed by atoms with Gasteiger partial charge in [0.25, 0.3) is 0 Å². The van der Waals surface area contributed by atoms with Crippen molar-refractivity contribution < 1.29 is 14.3 Å². The van der Waals surface area contributed by atoms with Gasteiger partial charge >= 0.3 is 6.09 Å². The second-order valence-electron chi connectivity index (χ2n) is 8.54. The molecule has 2 heterocycles. The lowest BCUT2D eigenvalue weighted by Gasteiger charge is -2.42. The molecule has 0 aromatic rings. The molecule has 1 atom stereocenters. The molecule has 0 aliphatic carbocycles. The van der Waals surface area contributed by atoms with Gasteiger partial charge in [0, 0.05) is 38.8 Å². The van der Waals surface area contributed by atoms with E-state index in [0.29, 0.717) is 11.9 Å². The van der Waals surface area contributed by atoms with Crippen LogP contribution in [0, 0.1) is 5.92 Å². The van der Waals surface area contributed by atoms with Crippen molar-refractivity contribution in [2.45, 2.75) is 71.9 Å². The van der Waals surface area contributed by atoms with Gasteiger partial charge in [-0.05, 0) is 66.8 Å². The highest BCUT2D eigenvalue weighted by Crippen LogP contribution is 2.25. The summed E-state index contributed by atoms with van der Waals surface area (Å²) in [6.07, 6.45) is 3.81.